The summed E-state index contributed by atoms with van der Waals surface area (Å²) in [5.41, 5.74) is 0. The van der Waals surface area contributed by atoms with Crippen LogP contribution in [0.5, 0.6) is 0 Å². The first kappa shape index (κ1) is 81.7. The van der Waals surface area contributed by atoms with Crippen molar-refractivity contribution in [3.63, 3.8) is 0 Å². The van der Waals surface area contributed by atoms with E-state index in [9.17, 15) is 61.0 Å². The third-order valence-electron chi connectivity index (χ3n) is 17.6. The van der Waals surface area contributed by atoms with Crippen LogP contribution in [0.25, 0.3) is 0 Å². The Morgan fingerprint density at radius 2 is 0.767 bits per heavy atom. The molecule has 3 saturated heterocycles. The van der Waals surface area contributed by atoms with Crippen molar-refractivity contribution in [2.75, 3.05) is 26.4 Å². The van der Waals surface area contributed by atoms with Gasteiger partial charge in [-0.1, -0.05) is 248 Å². The van der Waals surface area contributed by atoms with Crippen LogP contribution in [0, 0.1) is 0 Å². The van der Waals surface area contributed by atoms with Gasteiger partial charge in [-0.3, -0.25) is 4.79 Å². The normalized spacial score (nSPS) is 28.4. The van der Waals surface area contributed by atoms with Gasteiger partial charge >= 0.3 is 0 Å². The molecule has 3 aliphatic rings. The molecule has 3 rings (SSSR count). The van der Waals surface area contributed by atoms with Gasteiger partial charge in [-0.2, -0.15) is 0 Å². The van der Waals surface area contributed by atoms with E-state index in [-0.39, 0.29) is 18.9 Å². The molecule has 0 aromatic rings. The molecule has 19 heteroatoms. The van der Waals surface area contributed by atoms with Crippen molar-refractivity contribution in [1.82, 2.24) is 5.32 Å². The lowest BCUT2D eigenvalue weighted by atomic mass is 9.96. The molecular formula is C71H127NO18. The van der Waals surface area contributed by atoms with E-state index in [4.69, 9.17) is 28.4 Å². The van der Waals surface area contributed by atoms with Crippen molar-refractivity contribution in [3.8, 4) is 0 Å². The predicted molar refractivity (Wildman–Crippen MR) is 351 cm³/mol. The highest BCUT2D eigenvalue weighted by molar-refractivity contribution is 5.76. The minimum atomic E-state index is -1.97. The van der Waals surface area contributed by atoms with Crippen LogP contribution in [-0.4, -0.2) is 193 Å². The Morgan fingerprint density at radius 1 is 0.411 bits per heavy atom. The van der Waals surface area contributed by atoms with E-state index in [1.165, 1.54) is 135 Å². The van der Waals surface area contributed by atoms with Gasteiger partial charge in [0.1, 0.15) is 73.2 Å². The van der Waals surface area contributed by atoms with Crippen LogP contribution >= 0.6 is 0 Å². The zero-order chi connectivity index (χ0) is 65.4. The van der Waals surface area contributed by atoms with E-state index in [1.54, 1.807) is 0 Å². The first-order valence-corrected chi connectivity index (χ1v) is 35.5. The third kappa shape index (κ3) is 34.2. The summed E-state index contributed by atoms with van der Waals surface area (Å²) in [6.07, 6.45) is 37.2. The van der Waals surface area contributed by atoms with Crippen LogP contribution in [0.15, 0.2) is 60.8 Å². The number of amides is 1. The van der Waals surface area contributed by atoms with E-state index in [0.717, 1.165) is 83.5 Å². The maximum absolute atomic E-state index is 13.4. The predicted octanol–water partition coefficient (Wildman–Crippen LogP) is 9.55. The largest absolute Gasteiger partial charge is 0.394 e. The Bertz CT molecular complexity index is 1870. The molecule has 0 spiro atoms. The van der Waals surface area contributed by atoms with E-state index >= 15 is 0 Å². The lowest BCUT2D eigenvalue weighted by Gasteiger charge is -2.48. The van der Waals surface area contributed by atoms with E-state index < -0.39 is 124 Å². The molecule has 1 amide bonds. The Balaban J connectivity index is 1.41. The number of hydrogen-bond acceptors (Lipinski definition) is 18. The quantitative estimate of drug-likeness (QED) is 0.0199. The maximum atomic E-state index is 13.4. The number of carbonyl (C=O) groups excluding carboxylic acids is 1. The molecule has 0 bridgehead atoms. The van der Waals surface area contributed by atoms with Crippen molar-refractivity contribution in [2.24, 2.45) is 0 Å². The van der Waals surface area contributed by atoms with Gasteiger partial charge < -0.3 is 89.9 Å². The summed E-state index contributed by atoms with van der Waals surface area (Å²) in [5, 5.41) is 121. The summed E-state index contributed by atoms with van der Waals surface area (Å²) >= 11 is 0. The third-order valence-corrected chi connectivity index (χ3v) is 17.6. The summed E-state index contributed by atoms with van der Waals surface area (Å²) in [7, 11) is 0. The minimum Gasteiger partial charge on any atom is -0.394 e. The topological polar surface area (TPSA) is 307 Å². The van der Waals surface area contributed by atoms with Crippen molar-refractivity contribution in [1.29, 1.82) is 0 Å². The van der Waals surface area contributed by atoms with Crippen molar-refractivity contribution in [3.05, 3.63) is 60.8 Å². The number of hydrogen-bond donors (Lipinski definition) is 12. The summed E-state index contributed by atoms with van der Waals surface area (Å²) in [4.78, 5) is 13.4. The van der Waals surface area contributed by atoms with Crippen LogP contribution in [0.1, 0.15) is 251 Å². The first-order valence-electron chi connectivity index (χ1n) is 35.5. The number of nitrogens with one attached hydrogen (secondary N) is 1. The fourth-order valence-electron chi connectivity index (χ4n) is 11.9. The van der Waals surface area contributed by atoms with Crippen molar-refractivity contribution in [2.45, 2.75) is 356 Å². The highest BCUT2D eigenvalue weighted by Gasteiger charge is 2.53. The van der Waals surface area contributed by atoms with Gasteiger partial charge in [0.2, 0.25) is 5.91 Å². The molecule has 3 aliphatic heterocycles. The second kappa shape index (κ2) is 52.7. The molecule has 0 radical (unpaired) electrons. The molecule has 17 unspecified atom stereocenters. The fraction of sp³-hybridized carbons (Fsp3) is 0.845. The summed E-state index contributed by atoms with van der Waals surface area (Å²) in [6, 6.07) is -0.892. The van der Waals surface area contributed by atoms with Gasteiger partial charge in [0, 0.05) is 6.42 Å². The zero-order valence-electron chi connectivity index (χ0n) is 55.4. The molecule has 3 heterocycles. The molecule has 0 aromatic carbocycles. The van der Waals surface area contributed by atoms with Crippen LogP contribution in [-0.2, 0) is 33.2 Å². The van der Waals surface area contributed by atoms with Crippen LogP contribution < -0.4 is 5.32 Å². The molecule has 19 nitrogen and oxygen atoms in total. The number of carbonyl (C=O) groups is 1. The summed E-state index contributed by atoms with van der Waals surface area (Å²) in [6.45, 7) is 1.70. The highest BCUT2D eigenvalue weighted by Crippen LogP contribution is 2.33. The highest BCUT2D eigenvalue weighted by atomic mass is 16.8. The zero-order valence-corrected chi connectivity index (χ0v) is 55.4. The van der Waals surface area contributed by atoms with E-state index in [1.807, 2.05) is 0 Å². The van der Waals surface area contributed by atoms with Gasteiger partial charge in [0.05, 0.1) is 38.6 Å². The Labute approximate surface area is 541 Å². The molecular weight excluding hydrogens is 1150 g/mol. The van der Waals surface area contributed by atoms with Gasteiger partial charge in [0.15, 0.2) is 18.9 Å². The Morgan fingerprint density at radius 3 is 1.20 bits per heavy atom. The molecule has 0 saturated carbocycles. The van der Waals surface area contributed by atoms with Crippen molar-refractivity contribution < 1.29 is 89.4 Å². The van der Waals surface area contributed by atoms with Gasteiger partial charge in [0.25, 0.3) is 0 Å². The van der Waals surface area contributed by atoms with Gasteiger partial charge in [-0.25, -0.2) is 0 Å². The van der Waals surface area contributed by atoms with Crippen LogP contribution in [0.3, 0.4) is 0 Å². The minimum absolute atomic E-state index is 0.246. The molecule has 3 fully saturated rings. The fourth-order valence-corrected chi connectivity index (χ4v) is 11.9. The number of aliphatic hydroxyl groups excluding tert-OH is 11. The molecule has 0 aliphatic carbocycles. The number of aliphatic hydroxyl groups is 11. The number of ether oxygens (including phenoxy) is 6. The molecule has 0 aromatic heterocycles. The SMILES string of the molecule is CC/C=C\C/C=C\C/C=C\C/C=C\C/C=C\CCCCCCCCCCCCCC(=O)NC(COC1OC(CO)C(OC2OC(CO)C(OC3OC(CO)C(O)C(O)C3O)C(O)C2O)C(O)C1O)C(O)CCCCCCCCCCCCCCCCCCCC. The average molecular weight is 1280 g/mol. The van der Waals surface area contributed by atoms with Crippen LogP contribution in [0.2, 0.25) is 0 Å². The van der Waals surface area contributed by atoms with Gasteiger partial charge in [-0.15, -0.1) is 0 Å². The smallest absolute Gasteiger partial charge is 0.220 e. The second-order valence-electron chi connectivity index (χ2n) is 25.3. The maximum Gasteiger partial charge on any atom is 0.220 e. The summed E-state index contributed by atoms with van der Waals surface area (Å²) < 4.78 is 34.4. The number of unbranched alkanes of at least 4 members (excludes halogenated alkanes) is 28. The first-order chi connectivity index (χ1) is 43.8. The molecule has 17 atom stereocenters. The average Bonchev–Trinajstić information content (AvgIpc) is 0.866. The Hall–Kier alpha value is -2.51. The monoisotopic (exact) mass is 1280 g/mol. The standard InChI is InChI=1S/C71H127NO18/c1-3-5-7-9-11-13-15-17-19-21-23-24-25-26-27-28-29-30-31-33-35-37-39-41-43-45-47-49-59(77)72-54(55(76)48-46-44-42-40-38-36-34-32-22-20-18-16-14-12-10-8-6-4-2)53-85-69-65(83)62(80)67(57(51-74)87-69)90-71-66(84)63(81)68(58(52-75)88-71)89-70-64(82)61(79)60(78)56(50-73)86-70/h5,7,11,13,17,19,23-24,26-27,54-58,60-71,73-76,78-84H,3-4,6,8-10,12,14-16,18,20-22,25,28-53H2,1-2H3,(H,72,77)/b7-5-,13-11-,19-17-,24-23-,27-26-. The van der Waals surface area contributed by atoms with Crippen molar-refractivity contribution >= 4 is 5.91 Å². The van der Waals surface area contributed by atoms with E-state index in [0.29, 0.717) is 12.8 Å². The number of allylic oxidation sites excluding steroid dienone is 10. The van der Waals surface area contributed by atoms with E-state index in [2.05, 4.69) is 79.9 Å². The molecule has 12 N–H and O–H groups in total. The molecule has 90 heavy (non-hydrogen) atoms. The molecule has 524 valence electrons. The lowest BCUT2D eigenvalue weighted by molar-refractivity contribution is -0.379. The number of rotatable bonds is 54. The second-order valence-corrected chi connectivity index (χ2v) is 25.3. The Kier molecular flexibility index (Phi) is 47.9. The van der Waals surface area contributed by atoms with Crippen LogP contribution in [0.4, 0.5) is 0 Å². The summed E-state index contributed by atoms with van der Waals surface area (Å²) in [5.74, 6) is -0.246. The van der Waals surface area contributed by atoms with Gasteiger partial charge in [-0.05, 0) is 57.8 Å². The lowest BCUT2D eigenvalue weighted by Crippen LogP contribution is -2.66.